The van der Waals surface area contributed by atoms with Gasteiger partial charge >= 0.3 is 6.36 Å². The van der Waals surface area contributed by atoms with Crippen LogP contribution in [0.1, 0.15) is 40.2 Å². The van der Waals surface area contributed by atoms with Crippen molar-refractivity contribution in [1.82, 2.24) is 10.3 Å². The van der Waals surface area contributed by atoms with Crippen molar-refractivity contribution in [2.75, 3.05) is 6.54 Å². The molecule has 4 nitrogen and oxygen atoms in total. The SMILES string of the molecule is CC(c1ccc2c(n1)CCNC2=O)c1cc(F)ccc1OC(F)(F)F. The van der Waals surface area contributed by atoms with E-state index in [2.05, 4.69) is 15.0 Å². The normalized spacial score (nSPS) is 15.3. The molecule has 0 fully saturated rings. The number of nitrogens with zero attached hydrogens (tertiary/aromatic N) is 1. The molecule has 0 aliphatic carbocycles. The van der Waals surface area contributed by atoms with Crippen LogP contribution in [0.2, 0.25) is 0 Å². The minimum atomic E-state index is -4.88. The minimum Gasteiger partial charge on any atom is -0.405 e. The average Bonchev–Trinajstić information content (AvgIpc) is 2.54. The number of amides is 1. The molecule has 2 aromatic rings. The second-order valence-corrected chi connectivity index (χ2v) is 5.69. The van der Waals surface area contributed by atoms with Crippen LogP contribution in [0, 0.1) is 5.82 Å². The van der Waals surface area contributed by atoms with Crippen molar-refractivity contribution in [2.24, 2.45) is 0 Å². The number of benzene rings is 1. The number of aromatic nitrogens is 1. The van der Waals surface area contributed by atoms with E-state index in [9.17, 15) is 22.4 Å². The quantitative estimate of drug-likeness (QED) is 0.858. The maximum absolute atomic E-state index is 13.6. The minimum absolute atomic E-state index is 0.0324. The molecule has 0 radical (unpaired) electrons. The van der Waals surface area contributed by atoms with Crippen LogP contribution in [-0.4, -0.2) is 23.8 Å². The lowest BCUT2D eigenvalue weighted by molar-refractivity contribution is -0.275. The summed E-state index contributed by atoms with van der Waals surface area (Å²) in [7, 11) is 0. The first-order chi connectivity index (χ1) is 11.7. The summed E-state index contributed by atoms with van der Waals surface area (Å²) in [5.74, 6) is -2.03. The van der Waals surface area contributed by atoms with Gasteiger partial charge in [0.15, 0.2) is 0 Å². The van der Waals surface area contributed by atoms with Crippen molar-refractivity contribution in [3.05, 3.63) is 58.7 Å². The van der Waals surface area contributed by atoms with E-state index >= 15 is 0 Å². The van der Waals surface area contributed by atoms with Crippen LogP contribution in [0.5, 0.6) is 5.75 Å². The Hall–Kier alpha value is -2.64. The number of halogens is 4. The van der Waals surface area contributed by atoms with Crippen LogP contribution in [0.3, 0.4) is 0 Å². The summed E-state index contributed by atoms with van der Waals surface area (Å²) in [6.45, 7) is 2.05. The van der Waals surface area contributed by atoms with Crippen molar-refractivity contribution in [3.8, 4) is 5.75 Å². The Morgan fingerprint density at radius 3 is 2.72 bits per heavy atom. The van der Waals surface area contributed by atoms with Crippen LogP contribution in [0.25, 0.3) is 0 Å². The summed E-state index contributed by atoms with van der Waals surface area (Å²) in [6, 6.07) is 5.98. The second kappa shape index (κ2) is 6.34. The van der Waals surface area contributed by atoms with Gasteiger partial charge in [-0.25, -0.2) is 4.39 Å². The van der Waals surface area contributed by atoms with Gasteiger partial charge in [-0.1, -0.05) is 6.92 Å². The van der Waals surface area contributed by atoms with Crippen molar-refractivity contribution < 1.29 is 27.1 Å². The molecule has 8 heteroatoms. The molecule has 2 heterocycles. The van der Waals surface area contributed by atoms with E-state index in [1.807, 2.05) is 0 Å². The number of rotatable bonds is 3. The van der Waals surface area contributed by atoms with E-state index in [0.717, 1.165) is 18.2 Å². The Labute approximate surface area is 140 Å². The third-order valence-electron chi connectivity index (χ3n) is 4.00. The first-order valence-corrected chi connectivity index (χ1v) is 7.58. The monoisotopic (exact) mass is 354 g/mol. The number of hydrogen-bond acceptors (Lipinski definition) is 3. The van der Waals surface area contributed by atoms with Crippen molar-refractivity contribution in [1.29, 1.82) is 0 Å². The summed E-state index contributed by atoms with van der Waals surface area (Å²) < 4.78 is 55.3. The van der Waals surface area contributed by atoms with Crippen molar-refractivity contribution in [2.45, 2.75) is 25.6 Å². The van der Waals surface area contributed by atoms with Crippen molar-refractivity contribution >= 4 is 5.91 Å². The standard InChI is InChI=1S/C17H14F4N2O2/c1-9(12-8-10(18)2-5-15(12)25-17(19,20)21)13-4-3-11-14(23-13)6-7-22-16(11)24/h2-5,8-9H,6-7H2,1H3,(H,22,24). The molecule has 0 saturated heterocycles. The van der Waals surface area contributed by atoms with Gasteiger partial charge < -0.3 is 10.1 Å². The molecule has 1 aromatic carbocycles. The van der Waals surface area contributed by atoms with Gasteiger partial charge in [-0.2, -0.15) is 0 Å². The van der Waals surface area contributed by atoms with Crippen molar-refractivity contribution in [3.63, 3.8) is 0 Å². The highest BCUT2D eigenvalue weighted by molar-refractivity contribution is 5.96. The summed E-state index contributed by atoms with van der Waals surface area (Å²) in [5, 5.41) is 2.69. The summed E-state index contributed by atoms with van der Waals surface area (Å²) in [6.07, 6.45) is -4.36. The summed E-state index contributed by atoms with van der Waals surface area (Å²) >= 11 is 0. The predicted molar refractivity (Wildman–Crippen MR) is 80.9 cm³/mol. The highest BCUT2D eigenvalue weighted by Gasteiger charge is 2.33. The van der Waals surface area contributed by atoms with Gasteiger partial charge in [-0.3, -0.25) is 9.78 Å². The Kier molecular flexibility index (Phi) is 4.36. The van der Waals surface area contributed by atoms with Gasteiger partial charge in [0.1, 0.15) is 11.6 Å². The number of hydrogen-bond donors (Lipinski definition) is 1. The fourth-order valence-corrected chi connectivity index (χ4v) is 2.78. The van der Waals surface area contributed by atoms with Gasteiger partial charge in [-0.05, 0) is 30.3 Å². The fourth-order valence-electron chi connectivity index (χ4n) is 2.78. The molecule has 0 spiro atoms. The number of pyridine rings is 1. The van der Waals surface area contributed by atoms with E-state index < -0.39 is 23.8 Å². The lowest BCUT2D eigenvalue weighted by Crippen LogP contribution is -2.32. The van der Waals surface area contributed by atoms with Crippen LogP contribution < -0.4 is 10.1 Å². The molecule has 1 aliphatic heterocycles. The Morgan fingerprint density at radius 2 is 2.00 bits per heavy atom. The molecular formula is C17H14F4N2O2. The number of carbonyl (C=O) groups excluding carboxylic acids is 1. The average molecular weight is 354 g/mol. The van der Waals surface area contributed by atoms with Crippen LogP contribution in [0.15, 0.2) is 30.3 Å². The number of nitrogens with one attached hydrogen (secondary N) is 1. The zero-order chi connectivity index (χ0) is 18.2. The highest BCUT2D eigenvalue weighted by atomic mass is 19.4. The molecule has 132 valence electrons. The fraction of sp³-hybridized carbons (Fsp3) is 0.294. The third kappa shape index (κ3) is 3.72. The molecule has 1 amide bonds. The lowest BCUT2D eigenvalue weighted by atomic mass is 9.94. The third-order valence-corrected chi connectivity index (χ3v) is 4.00. The molecule has 1 N–H and O–H groups in total. The topological polar surface area (TPSA) is 51.2 Å². The van der Waals surface area contributed by atoms with E-state index in [1.54, 1.807) is 19.1 Å². The summed E-state index contributed by atoms with van der Waals surface area (Å²) in [4.78, 5) is 16.1. The molecule has 1 unspecified atom stereocenters. The largest absolute Gasteiger partial charge is 0.573 e. The van der Waals surface area contributed by atoms with E-state index in [-0.39, 0.29) is 11.5 Å². The smallest absolute Gasteiger partial charge is 0.405 e. The maximum atomic E-state index is 13.6. The van der Waals surface area contributed by atoms with Gasteiger partial charge in [0.05, 0.1) is 11.3 Å². The first kappa shape index (κ1) is 17.2. The number of fused-ring (bicyclic) bond motifs is 1. The first-order valence-electron chi connectivity index (χ1n) is 7.58. The molecule has 25 heavy (non-hydrogen) atoms. The molecule has 1 atom stereocenters. The highest BCUT2D eigenvalue weighted by Crippen LogP contribution is 2.35. The Bertz CT molecular complexity index is 821. The zero-order valence-corrected chi connectivity index (χ0v) is 13.2. The van der Waals surface area contributed by atoms with Gasteiger partial charge in [0, 0.05) is 30.1 Å². The van der Waals surface area contributed by atoms with Gasteiger partial charge in [-0.15, -0.1) is 13.2 Å². The number of alkyl halides is 3. The second-order valence-electron chi connectivity index (χ2n) is 5.69. The number of carbonyl (C=O) groups is 1. The summed E-state index contributed by atoms with van der Waals surface area (Å²) in [5.41, 5.74) is 1.48. The molecule has 1 aliphatic rings. The van der Waals surface area contributed by atoms with Gasteiger partial charge in [0.2, 0.25) is 0 Å². The predicted octanol–water partition coefficient (Wildman–Crippen LogP) is 3.56. The van der Waals surface area contributed by atoms with Crippen LogP contribution >= 0.6 is 0 Å². The van der Waals surface area contributed by atoms with Crippen LogP contribution in [-0.2, 0) is 6.42 Å². The molecule has 0 bridgehead atoms. The molecule has 1 aromatic heterocycles. The van der Waals surface area contributed by atoms with E-state index in [4.69, 9.17) is 0 Å². The Morgan fingerprint density at radius 1 is 1.24 bits per heavy atom. The molecule has 3 rings (SSSR count). The van der Waals surface area contributed by atoms with Gasteiger partial charge in [0.25, 0.3) is 5.91 Å². The van der Waals surface area contributed by atoms with E-state index in [0.29, 0.717) is 29.9 Å². The van der Waals surface area contributed by atoms with Crippen LogP contribution in [0.4, 0.5) is 17.6 Å². The molecule has 0 saturated carbocycles. The maximum Gasteiger partial charge on any atom is 0.573 e. The zero-order valence-electron chi connectivity index (χ0n) is 13.2. The Balaban J connectivity index is 1.99. The van der Waals surface area contributed by atoms with E-state index in [1.165, 1.54) is 0 Å². The molecular weight excluding hydrogens is 340 g/mol. The number of ether oxygens (including phenoxy) is 1. The lowest BCUT2D eigenvalue weighted by Gasteiger charge is -2.20.